The third-order valence-electron chi connectivity index (χ3n) is 3.38. The molecule has 3 heteroatoms. The lowest BCUT2D eigenvalue weighted by Crippen LogP contribution is -2.39. The topological polar surface area (TPSA) is 33.3 Å². The van der Waals surface area contributed by atoms with E-state index in [1.165, 1.54) is 19.3 Å². The summed E-state index contributed by atoms with van der Waals surface area (Å²) in [5.41, 5.74) is 1.15. The normalized spacial score (nSPS) is 19.4. The Kier molecular flexibility index (Phi) is 5.52. The number of anilines is 1. The Hall–Kier alpha value is -1.22. The number of piperidine rings is 1. The summed E-state index contributed by atoms with van der Waals surface area (Å²) in [4.78, 5) is 0. The van der Waals surface area contributed by atoms with Crippen molar-refractivity contribution in [3.8, 4) is 5.75 Å². The monoisotopic (exact) mass is 262 g/mol. The maximum atomic E-state index is 5.74. The van der Waals surface area contributed by atoms with Crippen LogP contribution in [0.3, 0.4) is 0 Å². The van der Waals surface area contributed by atoms with Crippen LogP contribution in [-0.2, 0) is 0 Å². The molecule has 3 nitrogen and oxygen atoms in total. The number of hydrogen-bond donors (Lipinski definition) is 2. The van der Waals surface area contributed by atoms with Crippen LogP contribution in [0.5, 0.6) is 5.75 Å². The molecule has 2 N–H and O–H groups in total. The third kappa shape index (κ3) is 5.11. The van der Waals surface area contributed by atoms with Crippen molar-refractivity contribution in [3.63, 3.8) is 0 Å². The van der Waals surface area contributed by atoms with Crippen molar-refractivity contribution in [1.82, 2.24) is 5.32 Å². The molecular formula is C16H26N2O. The summed E-state index contributed by atoms with van der Waals surface area (Å²) in [7, 11) is 0. The van der Waals surface area contributed by atoms with Gasteiger partial charge in [-0.2, -0.15) is 0 Å². The third-order valence-corrected chi connectivity index (χ3v) is 3.38. The zero-order valence-electron chi connectivity index (χ0n) is 12.1. The molecule has 106 valence electrons. The minimum atomic E-state index is 0.558. The highest BCUT2D eigenvalue weighted by molar-refractivity contribution is 5.48. The lowest BCUT2D eigenvalue weighted by Gasteiger charge is -2.24. The maximum absolute atomic E-state index is 5.74. The first kappa shape index (κ1) is 14.2. The van der Waals surface area contributed by atoms with Crippen LogP contribution in [0.2, 0.25) is 0 Å². The molecule has 1 saturated heterocycles. The van der Waals surface area contributed by atoms with Gasteiger partial charge in [0.05, 0.1) is 6.61 Å². The van der Waals surface area contributed by atoms with E-state index in [0.29, 0.717) is 12.0 Å². The number of ether oxygens (including phenoxy) is 1. The Morgan fingerprint density at radius 2 is 2.26 bits per heavy atom. The molecule has 2 rings (SSSR count). The summed E-state index contributed by atoms with van der Waals surface area (Å²) < 4.78 is 5.74. The number of rotatable bonds is 6. The van der Waals surface area contributed by atoms with Crippen LogP contribution in [0.15, 0.2) is 24.3 Å². The quantitative estimate of drug-likeness (QED) is 0.825. The Labute approximate surface area is 116 Å². The van der Waals surface area contributed by atoms with Crippen molar-refractivity contribution in [2.45, 2.75) is 39.2 Å². The van der Waals surface area contributed by atoms with Crippen molar-refractivity contribution < 1.29 is 4.74 Å². The van der Waals surface area contributed by atoms with Gasteiger partial charge < -0.3 is 15.4 Å². The molecule has 1 unspecified atom stereocenters. The predicted octanol–water partition coefficient (Wildman–Crippen LogP) is 3.28. The number of nitrogens with one attached hydrogen (secondary N) is 2. The SMILES string of the molecule is CC(C)COc1cccc(NCC2CCCCN2)c1. The maximum Gasteiger partial charge on any atom is 0.121 e. The van der Waals surface area contributed by atoms with Gasteiger partial charge in [0.2, 0.25) is 0 Å². The minimum absolute atomic E-state index is 0.558. The molecule has 0 amide bonds. The highest BCUT2D eigenvalue weighted by Crippen LogP contribution is 2.18. The fraction of sp³-hybridized carbons (Fsp3) is 0.625. The van der Waals surface area contributed by atoms with Gasteiger partial charge in [-0.05, 0) is 37.4 Å². The van der Waals surface area contributed by atoms with Gasteiger partial charge in [0.15, 0.2) is 0 Å². The highest BCUT2D eigenvalue weighted by atomic mass is 16.5. The summed E-state index contributed by atoms with van der Waals surface area (Å²) in [5, 5.41) is 7.05. The van der Waals surface area contributed by atoms with E-state index < -0.39 is 0 Å². The van der Waals surface area contributed by atoms with Crippen LogP contribution in [0, 0.1) is 5.92 Å². The Morgan fingerprint density at radius 1 is 1.37 bits per heavy atom. The Bertz CT molecular complexity index is 373. The van der Waals surface area contributed by atoms with Gasteiger partial charge in [0.1, 0.15) is 5.75 Å². The summed E-state index contributed by atoms with van der Waals surface area (Å²) in [6.45, 7) is 7.25. The second-order valence-corrected chi connectivity index (χ2v) is 5.76. The second-order valence-electron chi connectivity index (χ2n) is 5.76. The van der Waals surface area contributed by atoms with Gasteiger partial charge >= 0.3 is 0 Å². The molecule has 1 atom stereocenters. The van der Waals surface area contributed by atoms with Gasteiger partial charge in [-0.3, -0.25) is 0 Å². The molecule has 0 aliphatic carbocycles. The molecular weight excluding hydrogens is 236 g/mol. The first-order valence-corrected chi connectivity index (χ1v) is 7.44. The van der Waals surface area contributed by atoms with E-state index >= 15 is 0 Å². The van der Waals surface area contributed by atoms with Crippen LogP contribution in [-0.4, -0.2) is 25.7 Å². The Morgan fingerprint density at radius 3 is 3.00 bits per heavy atom. The summed E-state index contributed by atoms with van der Waals surface area (Å²) in [6, 6.07) is 8.86. The predicted molar refractivity (Wildman–Crippen MR) is 80.9 cm³/mol. The fourth-order valence-electron chi connectivity index (χ4n) is 2.30. The average Bonchev–Trinajstić information content (AvgIpc) is 2.44. The van der Waals surface area contributed by atoms with E-state index in [1.54, 1.807) is 0 Å². The molecule has 1 fully saturated rings. The largest absolute Gasteiger partial charge is 0.493 e. The van der Waals surface area contributed by atoms with Gasteiger partial charge in [0.25, 0.3) is 0 Å². The first-order chi connectivity index (χ1) is 9.24. The molecule has 1 aromatic rings. The van der Waals surface area contributed by atoms with E-state index in [9.17, 15) is 0 Å². The van der Waals surface area contributed by atoms with Gasteiger partial charge in [0, 0.05) is 24.3 Å². The van der Waals surface area contributed by atoms with Crippen molar-refractivity contribution in [1.29, 1.82) is 0 Å². The van der Waals surface area contributed by atoms with Crippen LogP contribution < -0.4 is 15.4 Å². The number of hydrogen-bond acceptors (Lipinski definition) is 3. The highest BCUT2D eigenvalue weighted by Gasteiger charge is 2.11. The van der Waals surface area contributed by atoms with E-state index in [4.69, 9.17) is 4.74 Å². The van der Waals surface area contributed by atoms with E-state index in [1.807, 2.05) is 12.1 Å². The lowest BCUT2D eigenvalue weighted by molar-refractivity contribution is 0.271. The molecule has 0 aromatic heterocycles. The van der Waals surface area contributed by atoms with Crippen LogP contribution in [0.25, 0.3) is 0 Å². The summed E-state index contributed by atoms with van der Waals surface area (Å²) in [6.07, 6.45) is 3.93. The van der Waals surface area contributed by atoms with Crippen molar-refractivity contribution in [3.05, 3.63) is 24.3 Å². The zero-order valence-corrected chi connectivity index (χ0v) is 12.1. The number of benzene rings is 1. The molecule has 1 aromatic carbocycles. The Balaban J connectivity index is 1.80. The average molecular weight is 262 g/mol. The molecule has 0 radical (unpaired) electrons. The van der Waals surface area contributed by atoms with E-state index in [2.05, 4.69) is 36.6 Å². The molecule has 0 spiro atoms. The molecule has 1 aliphatic rings. The molecule has 0 saturated carbocycles. The second kappa shape index (κ2) is 7.39. The van der Waals surface area contributed by atoms with Gasteiger partial charge in [-0.15, -0.1) is 0 Å². The van der Waals surface area contributed by atoms with Crippen molar-refractivity contribution >= 4 is 5.69 Å². The summed E-state index contributed by atoms with van der Waals surface area (Å²) in [5.74, 6) is 1.51. The molecule has 19 heavy (non-hydrogen) atoms. The van der Waals surface area contributed by atoms with E-state index in [-0.39, 0.29) is 0 Å². The molecule has 0 bridgehead atoms. The first-order valence-electron chi connectivity index (χ1n) is 7.44. The minimum Gasteiger partial charge on any atom is -0.493 e. The zero-order chi connectivity index (χ0) is 13.5. The fourth-order valence-corrected chi connectivity index (χ4v) is 2.30. The standard InChI is InChI=1S/C16H26N2O/c1-13(2)12-19-16-8-5-7-14(10-16)18-11-15-6-3-4-9-17-15/h5,7-8,10,13,15,17-18H,3-4,6,9,11-12H2,1-2H3. The van der Waals surface area contributed by atoms with E-state index in [0.717, 1.165) is 31.1 Å². The smallest absolute Gasteiger partial charge is 0.121 e. The van der Waals surface area contributed by atoms with Crippen LogP contribution >= 0.6 is 0 Å². The van der Waals surface area contributed by atoms with Crippen LogP contribution in [0.1, 0.15) is 33.1 Å². The molecule has 1 aliphatic heterocycles. The van der Waals surface area contributed by atoms with Crippen molar-refractivity contribution in [2.75, 3.05) is 25.0 Å². The van der Waals surface area contributed by atoms with Gasteiger partial charge in [-0.25, -0.2) is 0 Å². The van der Waals surface area contributed by atoms with Crippen molar-refractivity contribution in [2.24, 2.45) is 5.92 Å². The lowest BCUT2D eigenvalue weighted by atomic mass is 10.1. The van der Waals surface area contributed by atoms with Gasteiger partial charge in [-0.1, -0.05) is 26.3 Å². The molecule has 1 heterocycles. The van der Waals surface area contributed by atoms with Crippen LogP contribution in [0.4, 0.5) is 5.69 Å². The summed E-state index contributed by atoms with van der Waals surface area (Å²) >= 11 is 0.